The number of likely N-dealkylation sites (N-methyl/N-ethyl adjacent to an activating group) is 2. The third-order valence-corrected chi connectivity index (χ3v) is 7.97. The summed E-state index contributed by atoms with van der Waals surface area (Å²) in [4.78, 5) is 60.5. The molecule has 55 heavy (non-hydrogen) atoms. The van der Waals surface area contributed by atoms with Gasteiger partial charge in [-0.3, -0.25) is 4.79 Å². The molecule has 2 atom stereocenters. The van der Waals surface area contributed by atoms with Crippen molar-refractivity contribution in [3.05, 3.63) is 47.8 Å². The van der Waals surface area contributed by atoms with E-state index in [2.05, 4.69) is 46.7 Å². The number of hydrogen-bond acceptors (Lipinski definition) is 11. The van der Waals surface area contributed by atoms with Gasteiger partial charge in [0.25, 0.3) is 5.91 Å². The SMILES string of the molecule is CC(C)(C)Nc1ccc(C(=O)O)cn1.CN(C(=O)OC(C)(C)C)[C@H]1CCN(C(=O)c2ccc(NC(C)(C)C)nc2)C1.CN(C(=O)OC(C)(C)C)[C@H]1CCNC1. The van der Waals surface area contributed by atoms with Crippen molar-refractivity contribution in [1.82, 2.24) is 30.0 Å². The third-order valence-electron chi connectivity index (χ3n) is 7.97. The molecule has 2 aliphatic heterocycles. The number of pyridine rings is 2. The Morgan fingerprint density at radius 2 is 1.18 bits per heavy atom. The van der Waals surface area contributed by atoms with Crippen LogP contribution in [-0.4, -0.2) is 128 Å². The lowest BCUT2D eigenvalue weighted by Gasteiger charge is -2.28. The van der Waals surface area contributed by atoms with Crippen molar-refractivity contribution >= 4 is 35.7 Å². The molecule has 2 aromatic heterocycles. The molecule has 0 bridgehead atoms. The maximum absolute atomic E-state index is 12.7. The molecule has 2 aliphatic rings. The number of ether oxygens (including phenoxy) is 2. The van der Waals surface area contributed by atoms with E-state index in [4.69, 9.17) is 14.6 Å². The maximum Gasteiger partial charge on any atom is 0.410 e. The predicted molar refractivity (Wildman–Crippen MR) is 216 cm³/mol. The summed E-state index contributed by atoms with van der Waals surface area (Å²) in [5.74, 6) is 0.398. The van der Waals surface area contributed by atoms with Gasteiger partial charge in [-0.2, -0.15) is 0 Å². The number of likely N-dealkylation sites (tertiary alicyclic amines) is 1. The highest BCUT2D eigenvalue weighted by atomic mass is 16.6. The minimum Gasteiger partial charge on any atom is -0.478 e. The Morgan fingerprint density at radius 1 is 0.727 bits per heavy atom. The van der Waals surface area contributed by atoms with Gasteiger partial charge in [-0.05, 0) is 127 Å². The lowest BCUT2D eigenvalue weighted by atomic mass is 10.1. The highest BCUT2D eigenvalue weighted by molar-refractivity contribution is 5.94. The highest BCUT2D eigenvalue weighted by Gasteiger charge is 2.33. The first-order valence-corrected chi connectivity index (χ1v) is 18.8. The quantitative estimate of drug-likeness (QED) is 0.249. The van der Waals surface area contributed by atoms with Gasteiger partial charge >= 0.3 is 18.2 Å². The topological polar surface area (TPSA) is 179 Å². The van der Waals surface area contributed by atoms with Crippen molar-refractivity contribution in [3.63, 3.8) is 0 Å². The number of amides is 3. The smallest absolute Gasteiger partial charge is 0.410 e. The fourth-order valence-corrected chi connectivity index (χ4v) is 5.32. The predicted octanol–water partition coefficient (Wildman–Crippen LogP) is 6.58. The molecule has 308 valence electrons. The Morgan fingerprint density at radius 3 is 1.55 bits per heavy atom. The van der Waals surface area contributed by atoms with Gasteiger partial charge in [0.1, 0.15) is 22.8 Å². The monoisotopic (exact) mass is 771 g/mol. The minimum atomic E-state index is -0.959. The van der Waals surface area contributed by atoms with E-state index in [9.17, 15) is 19.2 Å². The van der Waals surface area contributed by atoms with Gasteiger partial charge in [-0.1, -0.05) is 0 Å². The van der Waals surface area contributed by atoms with E-state index in [1.807, 2.05) is 68.4 Å². The Balaban J connectivity index is 0.000000314. The molecule has 0 unspecified atom stereocenters. The van der Waals surface area contributed by atoms with Crippen LogP contribution in [0.15, 0.2) is 36.7 Å². The van der Waals surface area contributed by atoms with Crippen LogP contribution >= 0.6 is 0 Å². The zero-order valence-corrected chi connectivity index (χ0v) is 35.5. The van der Waals surface area contributed by atoms with Crippen molar-refractivity contribution in [2.75, 3.05) is 50.9 Å². The Hall–Kier alpha value is -4.66. The van der Waals surface area contributed by atoms with E-state index in [1.165, 1.54) is 12.3 Å². The Kier molecular flexibility index (Phi) is 16.3. The molecule has 4 N–H and O–H groups in total. The molecule has 15 nitrogen and oxygen atoms in total. The fourth-order valence-electron chi connectivity index (χ4n) is 5.32. The first-order chi connectivity index (χ1) is 25.1. The zero-order valence-electron chi connectivity index (χ0n) is 35.5. The van der Waals surface area contributed by atoms with E-state index in [0.717, 1.165) is 31.7 Å². The second-order valence-electron chi connectivity index (χ2n) is 17.9. The summed E-state index contributed by atoms with van der Waals surface area (Å²) in [5, 5.41) is 18.3. The summed E-state index contributed by atoms with van der Waals surface area (Å²) in [6.07, 6.45) is 4.10. The molecular formula is C40H66N8O7. The van der Waals surface area contributed by atoms with E-state index >= 15 is 0 Å². The first kappa shape index (κ1) is 46.5. The second kappa shape index (κ2) is 19.3. The van der Waals surface area contributed by atoms with Gasteiger partial charge in [0.15, 0.2) is 0 Å². The van der Waals surface area contributed by atoms with E-state index in [1.54, 1.807) is 47.1 Å². The number of aromatic carboxylic acids is 1. The number of carbonyl (C=O) groups is 4. The highest BCUT2D eigenvalue weighted by Crippen LogP contribution is 2.21. The van der Waals surface area contributed by atoms with Crippen LogP contribution in [-0.2, 0) is 9.47 Å². The summed E-state index contributed by atoms with van der Waals surface area (Å²) in [5.41, 5.74) is -0.352. The van der Waals surface area contributed by atoms with Gasteiger partial charge in [0, 0.05) is 63.2 Å². The minimum absolute atomic E-state index is 0.0430. The number of carbonyl (C=O) groups excluding carboxylic acids is 3. The number of rotatable bonds is 6. The second-order valence-corrected chi connectivity index (χ2v) is 17.9. The largest absolute Gasteiger partial charge is 0.478 e. The first-order valence-electron chi connectivity index (χ1n) is 18.8. The number of nitrogens with zero attached hydrogens (tertiary/aromatic N) is 5. The number of nitrogens with one attached hydrogen (secondary N) is 3. The number of carboxylic acids is 1. The van der Waals surface area contributed by atoms with Crippen LogP contribution in [0.5, 0.6) is 0 Å². The van der Waals surface area contributed by atoms with Crippen LogP contribution in [0.3, 0.4) is 0 Å². The molecule has 0 aliphatic carbocycles. The number of hydrogen-bond donors (Lipinski definition) is 4. The molecule has 4 rings (SSSR count). The number of aromatic nitrogens is 2. The van der Waals surface area contributed by atoms with Crippen LogP contribution in [0.1, 0.15) is 117 Å². The fraction of sp³-hybridized carbons (Fsp3) is 0.650. The average molecular weight is 771 g/mol. The van der Waals surface area contributed by atoms with Crippen molar-refractivity contribution in [1.29, 1.82) is 0 Å². The lowest BCUT2D eigenvalue weighted by Crippen LogP contribution is -2.42. The van der Waals surface area contributed by atoms with Gasteiger partial charge in [-0.25, -0.2) is 24.4 Å². The molecule has 15 heteroatoms. The van der Waals surface area contributed by atoms with Crippen molar-refractivity contribution in [2.45, 2.75) is 130 Å². The van der Waals surface area contributed by atoms with Crippen LogP contribution in [0.25, 0.3) is 0 Å². The molecule has 2 saturated heterocycles. The summed E-state index contributed by atoms with van der Waals surface area (Å²) < 4.78 is 10.7. The van der Waals surface area contributed by atoms with Crippen LogP contribution in [0, 0.1) is 0 Å². The average Bonchev–Trinajstić information content (AvgIpc) is 3.75. The molecule has 0 radical (unpaired) electrons. The summed E-state index contributed by atoms with van der Waals surface area (Å²) >= 11 is 0. The van der Waals surface area contributed by atoms with Crippen LogP contribution in [0.2, 0.25) is 0 Å². The normalized spacial score (nSPS) is 17.1. The molecular weight excluding hydrogens is 704 g/mol. The van der Waals surface area contributed by atoms with E-state index in [-0.39, 0.29) is 46.8 Å². The van der Waals surface area contributed by atoms with Gasteiger partial charge < -0.3 is 45.2 Å². The van der Waals surface area contributed by atoms with Crippen molar-refractivity contribution < 1.29 is 33.8 Å². The molecule has 0 saturated carbocycles. The molecule has 0 spiro atoms. The van der Waals surface area contributed by atoms with Crippen molar-refractivity contribution in [3.8, 4) is 0 Å². The van der Waals surface area contributed by atoms with Crippen LogP contribution < -0.4 is 16.0 Å². The van der Waals surface area contributed by atoms with E-state index in [0.29, 0.717) is 24.5 Å². The third kappa shape index (κ3) is 17.6. The summed E-state index contributed by atoms with van der Waals surface area (Å²) in [6.45, 7) is 26.3. The molecule has 4 heterocycles. The zero-order chi connectivity index (χ0) is 41.9. The molecule has 2 fully saturated rings. The summed E-state index contributed by atoms with van der Waals surface area (Å²) in [6, 6.07) is 7.04. The molecule has 0 aromatic carbocycles. The summed E-state index contributed by atoms with van der Waals surface area (Å²) in [7, 11) is 3.52. The molecule has 2 aromatic rings. The lowest BCUT2D eigenvalue weighted by molar-refractivity contribution is 0.0220. The number of carboxylic acid groups (broad SMARTS) is 1. The van der Waals surface area contributed by atoms with Gasteiger partial charge in [0.05, 0.1) is 17.2 Å². The van der Waals surface area contributed by atoms with Gasteiger partial charge in [-0.15, -0.1) is 0 Å². The Bertz CT molecular complexity index is 1550. The van der Waals surface area contributed by atoms with Crippen molar-refractivity contribution in [2.24, 2.45) is 0 Å². The standard InChI is InChI=1S/C20H32N4O3.C10H20N2O2.C10H14N2O2/c1-19(2,3)22-16-9-8-14(12-21-16)17(25)24-11-10-15(13-24)23(7)18(26)27-20(4,5)6;1-10(2,3)14-9(13)12(4)8-5-6-11-7-8;1-10(2,3)12-8-5-4-7(6-11-8)9(13)14/h8-9,12,15H,10-11,13H2,1-7H3,(H,21,22);8,11H,5-7H2,1-4H3;4-6H,1-3H3,(H,11,12)(H,13,14)/t15-;8-;/m00./s1. The van der Waals surface area contributed by atoms with Gasteiger partial charge in [0.2, 0.25) is 0 Å². The number of anilines is 2. The van der Waals surface area contributed by atoms with E-state index < -0.39 is 17.2 Å². The maximum atomic E-state index is 12.7. The van der Waals surface area contributed by atoms with Crippen LogP contribution in [0.4, 0.5) is 21.2 Å². The molecule has 3 amide bonds. The Labute approximate surface area is 327 Å².